The molecule has 4 heteroatoms. The lowest BCUT2D eigenvalue weighted by atomic mass is 10.2. The molecule has 3 nitrogen and oxygen atoms in total. The summed E-state index contributed by atoms with van der Waals surface area (Å²) >= 11 is 1.50. The van der Waals surface area contributed by atoms with Crippen LogP contribution in [0.1, 0.15) is 26.2 Å². The highest BCUT2D eigenvalue weighted by atomic mass is 32.2. The van der Waals surface area contributed by atoms with E-state index in [1.807, 2.05) is 24.3 Å². The molecule has 2 rings (SSSR count). The van der Waals surface area contributed by atoms with E-state index in [2.05, 4.69) is 18.8 Å². The van der Waals surface area contributed by atoms with E-state index in [9.17, 15) is 4.79 Å². The van der Waals surface area contributed by atoms with E-state index in [1.165, 1.54) is 11.8 Å². The van der Waals surface area contributed by atoms with Crippen LogP contribution in [-0.2, 0) is 9.53 Å². The van der Waals surface area contributed by atoms with Gasteiger partial charge in [-0.2, -0.15) is 0 Å². The number of rotatable bonds is 5. The summed E-state index contributed by atoms with van der Waals surface area (Å²) < 4.78 is 5.31. The van der Waals surface area contributed by atoms with Gasteiger partial charge in [0.25, 0.3) is 0 Å². The third-order valence-electron chi connectivity index (χ3n) is 2.95. The highest BCUT2D eigenvalue weighted by Gasteiger charge is 2.29. The number of thioether (sulfide) groups is 1. The average Bonchev–Trinajstić information content (AvgIpc) is 2.42. The molecule has 1 N–H and O–H groups in total. The van der Waals surface area contributed by atoms with Gasteiger partial charge in [-0.3, -0.25) is 4.79 Å². The van der Waals surface area contributed by atoms with Gasteiger partial charge in [-0.1, -0.05) is 38.5 Å². The van der Waals surface area contributed by atoms with Gasteiger partial charge in [-0.05, 0) is 18.6 Å². The lowest BCUT2D eigenvalue weighted by molar-refractivity contribution is -0.142. The maximum Gasteiger partial charge on any atom is 0.325 e. The molecule has 0 saturated carbocycles. The Labute approximate surface area is 118 Å². The molecule has 0 radical (unpaired) electrons. The zero-order chi connectivity index (χ0) is 13.7. The fraction of sp³-hybridized carbons (Fsp3) is 0.400. The van der Waals surface area contributed by atoms with Crippen molar-refractivity contribution >= 4 is 23.4 Å². The Balaban J connectivity index is 1.94. The molecule has 1 atom stereocenters. The van der Waals surface area contributed by atoms with Crippen LogP contribution < -0.4 is 5.32 Å². The number of ether oxygens (including phenoxy) is 1. The number of carbonyl (C=O) groups is 1. The maximum absolute atomic E-state index is 12.0. The minimum atomic E-state index is -0.350. The summed E-state index contributed by atoms with van der Waals surface area (Å²) in [6.45, 7) is 6.55. The Hall–Kier alpha value is -1.42. The van der Waals surface area contributed by atoms with Crippen LogP contribution in [0.4, 0.5) is 5.69 Å². The van der Waals surface area contributed by atoms with Gasteiger partial charge in [0.05, 0.1) is 12.3 Å². The van der Waals surface area contributed by atoms with Crippen LogP contribution in [-0.4, -0.2) is 17.8 Å². The lowest BCUT2D eigenvalue weighted by Crippen LogP contribution is -2.28. The smallest absolute Gasteiger partial charge is 0.325 e. The van der Waals surface area contributed by atoms with Gasteiger partial charge in [0.2, 0.25) is 0 Å². The molecule has 0 aliphatic carbocycles. The van der Waals surface area contributed by atoms with Crippen molar-refractivity contribution in [3.05, 3.63) is 36.5 Å². The normalized spacial score (nSPS) is 17.5. The standard InChI is InChI=1S/C15H19NO2S/c1-3-4-7-10-18-15(17)14-11(2)16-12-8-5-6-9-13(12)19-14/h5-6,8-9,14,16H,2-4,7,10H2,1H3/t14-/m1/s1. The Bertz CT molecular complexity index is 473. The van der Waals surface area contributed by atoms with Crippen molar-refractivity contribution in [2.45, 2.75) is 36.3 Å². The molecule has 1 aliphatic heterocycles. The summed E-state index contributed by atoms with van der Waals surface area (Å²) in [5.74, 6) is -0.201. The lowest BCUT2D eigenvalue weighted by Gasteiger charge is -2.26. The van der Waals surface area contributed by atoms with Gasteiger partial charge in [0, 0.05) is 10.6 Å². The van der Waals surface area contributed by atoms with Crippen LogP contribution in [0.2, 0.25) is 0 Å². The highest BCUT2D eigenvalue weighted by molar-refractivity contribution is 8.01. The van der Waals surface area contributed by atoms with Crippen LogP contribution in [0.25, 0.3) is 0 Å². The number of esters is 1. The topological polar surface area (TPSA) is 38.3 Å². The summed E-state index contributed by atoms with van der Waals surface area (Å²) in [5.41, 5.74) is 1.71. The first kappa shape index (κ1) is 14.0. The van der Waals surface area contributed by atoms with Gasteiger partial charge in [-0.15, -0.1) is 11.8 Å². The fourth-order valence-corrected chi connectivity index (χ4v) is 2.92. The maximum atomic E-state index is 12.0. The van der Waals surface area contributed by atoms with Crippen molar-refractivity contribution in [3.8, 4) is 0 Å². The number of hydrogen-bond acceptors (Lipinski definition) is 4. The predicted molar refractivity (Wildman–Crippen MR) is 79.3 cm³/mol. The first-order chi connectivity index (χ1) is 9.22. The third-order valence-corrected chi connectivity index (χ3v) is 4.27. The van der Waals surface area contributed by atoms with E-state index in [-0.39, 0.29) is 11.2 Å². The number of nitrogens with one attached hydrogen (secondary N) is 1. The molecule has 0 bridgehead atoms. The van der Waals surface area contributed by atoms with Crippen LogP contribution >= 0.6 is 11.8 Å². The number of anilines is 1. The van der Waals surface area contributed by atoms with Crippen molar-refractivity contribution in [1.29, 1.82) is 0 Å². The molecule has 0 aromatic heterocycles. The van der Waals surface area contributed by atoms with Crippen molar-refractivity contribution in [2.75, 3.05) is 11.9 Å². The van der Waals surface area contributed by atoms with E-state index < -0.39 is 0 Å². The molecule has 1 heterocycles. The largest absolute Gasteiger partial charge is 0.465 e. The van der Waals surface area contributed by atoms with Gasteiger partial charge >= 0.3 is 5.97 Å². The molecule has 0 amide bonds. The highest BCUT2D eigenvalue weighted by Crippen LogP contribution is 2.39. The van der Waals surface area contributed by atoms with Crippen molar-refractivity contribution in [2.24, 2.45) is 0 Å². The predicted octanol–water partition coefficient (Wildman–Crippen LogP) is 3.82. The second-order valence-electron chi connectivity index (χ2n) is 4.52. The fourth-order valence-electron chi connectivity index (χ4n) is 1.90. The summed E-state index contributed by atoms with van der Waals surface area (Å²) in [6, 6.07) is 7.90. The monoisotopic (exact) mass is 277 g/mol. The zero-order valence-corrected chi connectivity index (χ0v) is 12.0. The van der Waals surface area contributed by atoms with Gasteiger partial charge in [-0.25, -0.2) is 0 Å². The molecule has 1 aromatic rings. The molecule has 0 saturated heterocycles. The number of benzene rings is 1. The Morgan fingerprint density at radius 3 is 3.00 bits per heavy atom. The Morgan fingerprint density at radius 2 is 2.21 bits per heavy atom. The summed E-state index contributed by atoms with van der Waals surface area (Å²) in [5, 5.41) is 2.83. The Morgan fingerprint density at radius 1 is 1.42 bits per heavy atom. The quantitative estimate of drug-likeness (QED) is 0.656. The number of para-hydroxylation sites is 1. The first-order valence-corrected chi connectivity index (χ1v) is 7.48. The molecule has 19 heavy (non-hydrogen) atoms. The van der Waals surface area contributed by atoms with Gasteiger partial charge in [0.1, 0.15) is 5.25 Å². The first-order valence-electron chi connectivity index (χ1n) is 6.60. The van der Waals surface area contributed by atoms with Crippen LogP contribution in [0.3, 0.4) is 0 Å². The minimum absolute atomic E-state index is 0.201. The molecule has 0 spiro atoms. The minimum Gasteiger partial charge on any atom is -0.465 e. The summed E-state index contributed by atoms with van der Waals surface area (Å²) in [6.07, 6.45) is 3.14. The van der Waals surface area contributed by atoms with E-state index in [4.69, 9.17) is 4.74 Å². The number of carbonyl (C=O) groups excluding carboxylic acids is 1. The molecular weight excluding hydrogens is 258 g/mol. The molecule has 102 valence electrons. The number of unbranched alkanes of at least 4 members (excludes halogenated alkanes) is 2. The van der Waals surface area contributed by atoms with Crippen LogP contribution in [0.15, 0.2) is 41.4 Å². The zero-order valence-electron chi connectivity index (χ0n) is 11.1. The average molecular weight is 277 g/mol. The van der Waals surface area contributed by atoms with Gasteiger partial charge in [0.15, 0.2) is 0 Å². The summed E-state index contributed by atoms with van der Waals surface area (Å²) in [7, 11) is 0. The Kier molecular flexibility index (Phi) is 4.91. The second-order valence-corrected chi connectivity index (χ2v) is 5.67. The SMILES string of the molecule is C=C1Nc2ccccc2S[C@H]1C(=O)OCCCCC. The van der Waals surface area contributed by atoms with Crippen LogP contribution in [0, 0.1) is 0 Å². The van der Waals surface area contributed by atoms with E-state index >= 15 is 0 Å². The summed E-state index contributed by atoms with van der Waals surface area (Å²) in [4.78, 5) is 13.1. The van der Waals surface area contributed by atoms with Crippen molar-refractivity contribution < 1.29 is 9.53 Å². The number of hydrogen-bond donors (Lipinski definition) is 1. The number of fused-ring (bicyclic) bond motifs is 1. The molecule has 0 fully saturated rings. The molecule has 0 unspecified atom stereocenters. The molecule has 1 aromatic carbocycles. The van der Waals surface area contributed by atoms with E-state index in [1.54, 1.807) is 0 Å². The van der Waals surface area contributed by atoms with Crippen molar-refractivity contribution in [1.82, 2.24) is 0 Å². The molecular formula is C15H19NO2S. The third kappa shape index (κ3) is 3.53. The van der Waals surface area contributed by atoms with E-state index in [0.29, 0.717) is 12.3 Å². The second kappa shape index (κ2) is 6.66. The van der Waals surface area contributed by atoms with E-state index in [0.717, 1.165) is 29.8 Å². The van der Waals surface area contributed by atoms with Crippen LogP contribution in [0.5, 0.6) is 0 Å². The van der Waals surface area contributed by atoms with Crippen molar-refractivity contribution in [3.63, 3.8) is 0 Å². The molecule has 1 aliphatic rings. The van der Waals surface area contributed by atoms with Gasteiger partial charge < -0.3 is 10.1 Å².